The monoisotopic (exact) mass is 327 g/mol. The summed E-state index contributed by atoms with van der Waals surface area (Å²) < 4.78 is 0.902. The molecule has 1 aliphatic rings. The standard InChI is InChI=1S/C14H18BrNOS/c1-3-12-9-16(6-7-18-12)11-4-5-13(10(2)17)14(15)8-11/h4-5,8,12H,3,6-7,9H2,1-2H3. The van der Waals surface area contributed by atoms with Crippen LogP contribution in [0.1, 0.15) is 30.6 Å². The quantitative estimate of drug-likeness (QED) is 0.783. The lowest BCUT2D eigenvalue weighted by atomic mass is 10.1. The van der Waals surface area contributed by atoms with Crippen LogP contribution in [0.3, 0.4) is 0 Å². The van der Waals surface area contributed by atoms with Crippen LogP contribution in [0.2, 0.25) is 0 Å². The van der Waals surface area contributed by atoms with Crippen LogP contribution >= 0.6 is 27.7 Å². The van der Waals surface area contributed by atoms with Gasteiger partial charge in [0.1, 0.15) is 0 Å². The largest absolute Gasteiger partial charge is 0.370 e. The molecule has 98 valence electrons. The van der Waals surface area contributed by atoms with Gasteiger partial charge in [0.2, 0.25) is 0 Å². The number of Topliss-reactive ketones (excluding diaryl/α,β-unsaturated/α-hetero) is 1. The van der Waals surface area contributed by atoms with Crippen molar-refractivity contribution in [1.82, 2.24) is 0 Å². The first-order valence-electron chi connectivity index (χ1n) is 6.29. The number of halogens is 1. The second-order valence-corrected chi connectivity index (χ2v) is 6.83. The normalized spacial score (nSPS) is 19.9. The molecule has 0 saturated carbocycles. The van der Waals surface area contributed by atoms with E-state index in [0.29, 0.717) is 0 Å². The molecule has 0 bridgehead atoms. The fourth-order valence-corrected chi connectivity index (χ4v) is 4.01. The minimum absolute atomic E-state index is 0.106. The molecule has 0 spiro atoms. The van der Waals surface area contributed by atoms with Gasteiger partial charge in [0, 0.05) is 39.8 Å². The highest BCUT2D eigenvalue weighted by Crippen LogP contribution is 2.29. The summed E-state index contributed by atoms with van der Waals surface area (Å²) in [4.78, 5) is 13.8. The summed E-state index contributed by atoms with van der Waals surface area (Å²) in [6.07, 6.45) is 1.22. The first-order chi connectivity index (χ1) is 8.61. The number of anilines is 1. The van der Waals surface area contributed by atoms with E-state index in [0.717, 1.165) is 28.4 Å². The SMILES string of the molecule is CCC1CN(c2ccc(C(C)=O)c(Br)c2)CCS1. The Bertz CT molecular complexity index is 449. The van der Waals surface area contributed by atoms with E-state index in [1.807, 2.05) is 6.07 Å². The highest BCUT2D eigenvalue weighted by molar-refractivity contribution is 9.10. The average molecular weight is 328 g/mol. The third-order valence-electron chi connectivity index (χ3n) is 3.29. The smallest absolute Gasteiger partial charge is 0.160 e. The Hall–Kier alpha value is -0.480. The molecule has 1 aliphatic heterocycles. The Morgan fingerprint density at radius 1 is 1.56 bits per heavy atom. The molecule has 1 aromatic rings. The summed E-state index contributed by atoms with van der Waals surface area (Å²) in [5.41, 5.74) is 1.97. The molecule has 2 nitrogen and oxygen atoms in total. The second kappa shape index (κ2) is 6.11. The van der Waals surface area contributed by atoms with Crippen LogP contribution in [0, 0.1) is 0 Å². The first-order valence-corrected chi connectivity index (χ1v) is 8.13. The highest BCUT2D eigenvalue weighted by atomic mass is 79.9. The lowest BCUT2D eigenvalue weighted by molar-refractivity contribution is 0.101. The topological polar surface area (TPSA) is 20.3 Å². The van der Waals surface area contributed by atoms with Crippen LogP contribution in [-0.2, 0) is 0 Å². The molecule has 1 aromatic carbocycles. The van der Waals surface area contributed by atoms with Crippen molar-refractivity contribution in [2.75, 3.05) is 23.7 Å². The zero-order valence-electron chi connectivity index (χ0n) is 10.8. The minimum atomic E-state index is 0.106. The molecule has 1 unspecified atom stereocenters. The van der Waals surface area contributed by atoms with Gasteiger partial charge < -0.3 is 4.90 Å². The molecule has 2 rings (SSSR count). The molecule has 1 fully saturated rings. The van der Waals surface area contributed by atoms with Gasteiger partial charge in [-0.15, -0.1) is 0 Å². The summed E-state index contributed by atoms with van der Waals surface area (Å²) in [7, 11) is 0. The number of hydrogen-bond acceptors (Lipinski definition) is 3. The van der Waals surface area contributed by atoms with Gasteiger partial charge in [-0.3, -0.25) is 4.79 Å². The van der Waals surface area contributed by atoms with Crippen molar-refractivity contribution < 1.29 is 4.79 Å². The van der Waals surface area contributed by atoms with Crippen LogP contribution in [-0.4, -0.2) is 29.9 Å². The van der Waals surface area contributed by atoms with Crippen LogP contribution < -0.4 is 4.90 Å². The molecule has 1 saturated heterocycles. The number of rotatable bonds is 3. The Labute approximate surface area is 121 Å². The summed E-state index contributed by atoms with van der Waals surface area (Å²) in [5.74, 6) is 1.29. The van der Waals surface area contributed by atoms with Crippen molar-refractivity contribution in [3.63, 3.8) is 0 Å². The van der Waals surface area contributed by atoms with Crippen molar-refractivity contribution in [3.05, 3.63) is 28.2 Å². The second-order valence-electron chi connectivity index (χ2n) is 4.57. The zero-order valence-corrected chi connectivity index (χ0v) is 13.2. The van der Waals surface area contributed by atoms with Crippen molar-refractivity contribution in [2.45, 2.75) is 25.5 Å². The number of carbonyl (C=O) groups excluding carboxylic acids is 1. The van der Waals surface area contributed by atoms with Crippen molar-refractivity contribution in [1.29, 1.82) is 0 Å². The maximum Gasteiger partial charge on any atom is 0.160 e. The van der Waals surface area contributed by atoms with Crippen LogP contribution in [0.25, 0.3) is 0 Å². The third-order valence-corrected chi connectivity index (χ3v) is 5.32. The van der Waals surface area contributed by atoms with Gasteiger partial charge >= 0.3 is 0 Å². The Balaban J connectivity index is 2.18. The van der Waals surface area contributed by atoms with Crippen LogP contribution in [0.15, 0.2) is 22.7 Å². The van der Waals surface area contributed by atoms with Gasteiger partial charge in [-0.2, -0.15) is 11.8 Å². The van der Waals surface area contributed by atoms with Gasteiger partial charge in [0.25, 0.3) is 0 Å². The minimum Gasteiger partial charge on any atom is -0.370 e. The van der Waals surface area contributed by atoms with Crippen molar-refractivity contribution >= 4 is 39.2 Å². The van der Waals surface area contributed by atoms with Crippen LogP contribution in [0.5, 0.6) is 0 Å². The van der Waals surface area contributed by atoms with E-state index in [9.17, 15) is 4.79 Å². The van der Waals surface area contributed by atoms with Gasteiger partial charge in [-0.1, -0.05) is 6.92 Å². The average Bonchev–Trinajstić information content (AvgIpc) is 2.38. The van der Waals surface area contributed by atoms with Crippen molar-refractivity contribution in [3.8, 4) is 0 Å². The third kappa shape index (κ3) is 3.09. The molecule has 0 aromatic heterocycles. The Morgan fingerprint density at radius 2 is 2.33 bits per heavy atom. The number of thioether (sulfide) groups is 1. The maximum absolute atomic E-state index is 11.4. The molecule has 1 atom stereocenters. The highest BCUT2D eigenvalue weighted by Gasteiger charge is 2.19. The summed E-state index contributed by atoms with van der Waals surface area (Å²) in [6.45, 7) is 6.04. The van der Waals surface area contributed by atoms with E-state index in [1.165, 1.54) is 17.9 Å². The summed E-state index contributed by atoms with van der Waals surface area (Å²) in [5, 5.41) is 0.727. The zero-order chi connectivity index (χ0) is 13.1. The number of benzene rings is 1. The molecule has 0 amide bonds. The lowest BCUT2D eigenvalue weighted by Crippen LogP contribution is -2.37. The van der Waals surface area contributed by atoms with Crippen molar-refractivity contribution in [2.24, 2.45) is 0 Å². The predicted molar refractivity (Wildman–Crippen MR) is 82.9 cm³/mol. The summed E-state index contributed by atoms with van der Waals surface area (Å²) >= 11 is 5.56. The van der Waals surface area contributed by atoms with Gasteiger partial charge in [0.05, 0.1) is 0 Å². The number of carbonyl (C=O) groups is 1. The van der Waals surface area contributed by atoms with E-state index in [-0.39, 0.29) is 5.78 Å². The van der Waals surface area contributed by atoms with E-state index in [1.54, 1.807) is 6.92 Å². The molecule has 18 heavy (non-hydrogen) atoms. The van der Waals surface area contributed by atoms with E-state index in [2.05, 4.69) is 51.6 Å². The maximum atomic E-state index is 11.4. The fourth-order valence-electron chi connectivity index (χ4n) is 2.19. The molecule has 0 aliphatic carbocycles. The molecule has 0 radical (unpaired) electrons. The van der Waals surface area contributed by atoms with Gasteiger partial charge in [-0.05, 0) is 47.5 Å². The first kappa shape index (κ1) is 13.9. The van der Waals surface area contributed by atoms with E-state index < -0.39 is 0 Å². The predicted octanol–water partition coefficient (Wildman–Crippen LogP) is 3.98. The number of nitrogens with zero attached hydrogens (tertiary/aromatic N) is 1. The van der Waals surface area contributed by atoms with Gasteiger partial charge in [0.15, 0.2) is 5.78 Å². The number of hydrogen-bond donors (Lipinski definition) is 0. The molecular formula is C14H18BrNOS. The Morgan fingerprint density at radius 3 is 2.94 bits per heavy atom. The molecule has 1 heterocycles. The number of ketones is 1. The lowest BCUT2D eigenvalue weighted by Gasteiger charge is -2.33. The van der Waals surface area contributed by atoms with Crippen LogP contribution in [0.4, 0.5) is 5.69 Å². The summed E-state index contributed by atoms with van der Waals surface area (Å²) in [6, 6.07) is 6.05. The molecule has 4 heteroatoms. The Kier molecular flexibility index (Phi) is 4.73. The fraction of sp³-hybridized carbons (Fsp3) is 0.500. The van der Waals surface area contributed by atoms with Gasteiger partial charge in [-0.25, -0.2) is 0 Å². The molecule has 0 N–H and O–H groups in total. The van der Waals surface area contributed by atoms with E-state index >= 15 is 0 Å². The molecular weight excluding hydrogens is 310 g/mol. The van der Waals surface area contributed by atoms with E-state index in [4.69, 9.17) is 0 Å².